The van der Waals surface area contributed by atoms with Crippen LogP contribution in [-0.4, -0.2) is 14.5 Å². The number of imidazole rings is 1. The minimum absolute atomic E-state index is 0.0487. The van der Waals surface area contributed by atoms with Crippen molar-refractivity contribution in [1.82, 2.24) is 9.55 Å². The molecule has 0 spiro atoms. The van der Waals surface area contributed by atoms with Gasteiger partial charge in [-0.25, -0.2) is 4.98 Å². The van der Waals surface area contributed by atoms with Gasteiger partial charge in [0.05, 0.1) is 16.0 Å². The van der Waals surface area contributed by atoms with Crippen molar-refractivity contribution in [2.45, 2.75) is 0 Å². The molecule has 5 nitrogen and oxygen atoms in total. The van der Waals surface area contributed by atoms with Gasteiger partial charge in [0.2, 0.25) is 0 Å². The molecule has 6 heteroatoms. The van der Waals surface area contributed by atoms with Crippen LogP contribution in [0.2, 0.25) is 5.02 Å². The van der Waals surface area contributed by atoms with Gasteiger partial charge in [0.25, 0.3) is 5.69 Å². The number of non-ortho nitro benzene ring substituents is 1. The molecule has 0 radical (unpaired) electrons. The van der Waals surface area contributed by atoms with Crippen molar-refractivity contribution < 1.29 is 4.92 Å². The first-order valence-electron chi connectivity index (χ1n) is 5.93. The lowest BCUT2D eigenvalue weighted by Gasteiger charge is -2.02. The van der Waals surface area contributed by atoms with E-state index >= 15 is 0 Å². The highest BCUT2D eigenvalue weighted by Crippen LogP contribution is 2.27. The predicted molar refractivity (Wildman–Crippen MR) is 77.8 cm³/mol. The number of nitrogens with zero attached hydrogens (tertiary/aromatic N) is 3. The first-order valence-corrected chi connectivity index (χ1v) is 6.31. The summed E-state index contributed by atoms with van der Waals surface area (Å²) in [5.41, 5.74) is 2.44. The minimum atomic E-state index is -0.414. The molecule has 0 amide bonds. The number of fused-ring (bicyclic) bond motifs is 1. The van der Waals surface area contributed by atoms with Crippen molar-refractivity contribution in [3.05, 3.63) is 57.6 Å². The van der Waals surface area contributed by atoms with Crippen molar-refractivity contribution in [3.8, 4) is 11.4 Å². The Kier molecular flexibility index (Phi) is 2.91. The second-order valence-corrected chi connectivity index (χ2v) is 4.87. The zero-order chi connectivity index (χ0) is 14.3. The fraction of sp³-hybridized carbons (Fsp3) is 0.0714. The van der Waals surface area contributed by atoms with E-state index in [0.717, 1.165) is 11.0 Å². The topological polar surface area (TPSA) is 61.0 Å². The monoisotopic (exact) mass is 287 g/mol. The molecule has 0 aliphatic carbocycles. The van der Waals surface area contributed by atoms with Crippen LogP contribution in [0.3, 0.4) is 0 Å². The second-order valence-electron chi connectivity index (χ2n) is 4.43. The van der Waals surface area contributed by atoms with Gasteiger partial charge in [0.15, 0.2) is 0 Å². The molecule has 0 atom stereocenters. The smallest absolute Gasteiger partial charge is 0.270 e. The number of benzene rings is 2. The van der Waals surface area contributed by atoms with E-state index in [-0.39, 0.29) is 5.69 Å². The van der Waals surface area contributed by atoms with E-state index < -0.39 is 4.92 Å². The van der Waals surface area contributed by atoms with Gasteiger partial charge in [-0.2, -0.15) is 0 Å². The molecule has 2 aromatic carbocycles. The highest BCUT2D eigenvalue weighted by Gasteiger charge is 2.13. The maximum atomic E-state index is 10.8. The lowest BCUT2D eigenvalue weighted by Crippen LogP contribution is -1.94. The van der Waals surface area contributed by atoms with Gasteiger partial charge in [-0.3, -0.25) is 10.1 Å². The van der Waals surface area contributed by atoms with Crippen LogP contribution in [0, 0.1) is 10.1 Å². The van der Waals surface area contributed by atoms with E-state index in [1.54, 1.807) is 24.3 Å². The summed E-state index contributed by atoms with van der Waals surface area (Å²) in [7, 11) is 1.87. The summed E-state index contributed by atoms with van der Waals surface area (Å²) in [5.74, 6) is 0.672. The van der Waals surface area contributed by atoms with E-state index in [9.17, 15) is 10.1 Å². The third kappa shape index (κ3) is 2.02. The number of hydrogen-bond acceptors (Lipinski definition) is 3. The van der Waals surface area contributed by atoms with Crippen molar-refractivity contribution in [2.24, 2.45) is 7.05 Å². The summed E-state index contributed by atoms with van der Waals surface area (Å²) in [6.45, 7) is 0. The van der Waals surface area contributed by atoms with Gasteiger partial charge >= 0.3 is 0 Å². The van der Waals surface area contributed by atoms with Crippen LogP contribution in [0.4, 0.5) is 5.69 Å². The zero-order valence-electron chi connectivity index (χ0n) is 10.6. The van der Waals surface area contributed by atoms with Gasteiger partial charge in [-0.15, -0.1) is 0 Å². The standard InChI is InChI=1S/C14H10ClN3O2/c1-17-13-6-5-10(15)8-12(13)16-14(17)9-3-2-4-11(7-9)18(19)20/h2-8H,1H3. The van der Waals surface area contributed by atoms with Crippen molar-refractivity contribution in [3.63, 3.8) is 0 Å². The molecule has 0 aliphatic heterocycles. The van der Waals surface area contributed by atoms with Crippen molar-refractivity contribution in [2.75, 3.05) is 0 Å². The van der Waals surface area contributed by atoms with E-state index in [4.69, 9.17) is 11.6 Å². The molecule has 0 fully saturated rings. The number of nitro benzene ring substituents is 1. The van der Waals surface area contributed by atoms with Crippen LogP contribution in [0.1, 0.15) is 0 Å². The van der Waals surface area contributed by atoms with Gasteiger partial charge in [-0.1, -0.05) is 23.7 Å². The first-order chi connectivity index (χ1) is 9.56. The molecule has 20 heavy (non-hydrogen) atoms. The number of rotatable bonds is 2. The average Bonchev–Trinajstić information content (AvgIpc) is 2.75. The summed E-state index contributed by atoms with van der Waals surface area (Å²) in [6, 6.07) is 11.9. The Morgan fingerprint density at radius 1 is 1.25 bits per heavy atom. The van der Waals surface area contributed by atoms with Gasteiger partial charge in [0, 0.05) is 29.8 Å². The Bertz CT molecular complexity index is 826. The molecule has 1 aromatic heterocycles. The highest BCUT2D eigenvalue weighted by atomic mass is 35.5. The number of aromatic nitrogens is 2. The quantitative estimate of drug-likeness (QED) is 0.532. The molecule has 0 saturated carbocycles. The van der Waals surface area contributed by atoms with Crippen molar-refractivity contribution >= 4 is 28.3 Å². The van der Waals surface area contributed by atoms with E-state index in [1.807, 2.05) is 17.7 Å². The summed E-state index contributed by atoms with van der Waals surface area (Å²) in [5, 5.41) is 11.5. The second kappa shape index (κ2) is 4.61. The van der Waals surface area contributed by atoms with E-state index in [2.05, 4.69) is 4.98 Å². The Labute approximate surface area is 119 Å². The average molecular weight is 288 g/mol. The molecule has 100 valence electrons. The fourth-order valence-electron chi connectivity index (χ4n) is 2.19. The number of nitro groups is 1. The Morgan fingerprint density at radius 3 is 2.80 bits per heavy atom. The van der Waals surface area contributed by atoms with Crippen LogP contribution < -0.4 is 0 Å². The van der Waals surface area contributed by atoms with Crippen LogP contribution in [0.5, 0.6) is 0 Å². The molecule has 0 unspecified atom stereocenters. The zero-order valence-corrected chi connectivity index (χ0v) is 11.3. The van der Waals surface area contributed by atoms with Gasteiger partial charge in [-0.05, 0) is 18.2 Å². The predicted octanol–water partition coefficient (Wildman–Crippen LogP) is 3.80. The van der Waals surface area contributed by atoms with Crippen LogP contribution in [0.25, 0.3) is 22.4 Å². The number of halogens is 1. The minimum Gasteiger partial charge on any atom is -0.327 e. The van der Waals surface area contributed by atoms with Crippen molar-refractivity contribution in [1.29, 1.82) is 0 Å². The lowest BCUT2D eigenvalue weighted by atomic mass is 10.2. The maximum Gasteiger partial charge on any atom is 0.270 e. The summed E-state index contributed by atoms with van der Waals surface area (Å²) >= 11 is 5.95. The maximum absolute atomic E-state index is 10.8. The first kappa shape index (κ1) is 12.6. The molecule has 1 heterocycles. The van der Waals surface area contributed by atoms with Crippen LogP contribution in [0.15, 0.2) is 42.5 Å². The third-order valence-electron chi connectivity index (χ3n) is 3.16. The number of hydrogen-bond donors (Lipinski definition) is 0. The summed E-state index contributed by atoms with van der Waals surface area (Å²) < 4.78 is 1.89. The fourth-order valence-corrected chi connectivity index (χ4v) is 2.36. The Morgan fingerprint density at radius 2 is 2.05 bits per heavy atom. The largest absolute Gasteiger partial charge is 0.327 e. The van der Waals surface area contributed by atoms with Crippen LogP contribution >= 0.6 is 11.6 Å². The highest BCUT2D eigenvalue weighted by molar-refractivity contribution is 6.31. The molecular weight excluding hydrogens is 278 g/mol. The molecule has 0 N–H and O–H groups in total. The molecule has 3 rings (SSSR count). The third-order valence-corrected chi connectivity index (χ3v) is 3.39. The lowest BCUT2D eigenvalue weighted by molar-refractivity contribution is -0.384. The Hall–Kier alpha value is -2.40. The number of aryl methyl sites for hydroxylation is 1. The normalized spacial score (nSPS) is 10.9. The molecular formula is C14H10ClN3O2. The molecule has 0 aliphatic rings. The molecule has 0 bridgehead atoms. The molecule has 3 aromatic rings. The van der Waals surface area contributed by atoms with E-state index in [0.29, 0.717) is 16.4 Å². The summed E-state index contributed by atoms with van der Waals surface area (Å²) in [4.78, 5) is 14.9. The van der Waals surface area contributed by atoms with E-state index in [1.165, 1.54) is 12.1 Å². The SMILES string of the molecule is Cn1c(-c2cccc([N+](=O)[O-])c2)nc2cc(Cl)ccc21. The van der Waals surface area contributed by atoms with Gasteiger partial charge in [0.1, 0.15) is 5.82 Å². The summed E-state index contributed by atoms with van der Waals surface area (Å²) in [6.07, 6.45) is 0. The van der Waals surface area contributed by atoms with Crippen LogP contribution in [-0.2, 0) is 7.05 Å². The van der Waals surface area contributed by atoms with Gasteiger partial charge < -0.3 is 4.57 Å². The molecule has 0 saturated heterocycles. The Balaban J connectivity index is 2.21.